The molecule has 0 aliphatic rings. The fourth-order valence-corrected chi connectivity index (χ4v) is 1.27. The molecule has 0 amide bonds. The van der Waals surface area contributed by atoms with Gasteiger partial charge < -0.3 is 19.1 Å². The van der Waals surface area contributed by atoms with E-state index in [1.54, 1.807) is 0 Å². The SMILES string of the molecule is CCOC(CC=O)C(CC=O)OCC. The number of hydrogen-bond acceptors (Lipinski definition) is 4. The van der Waals surface area contributed by atoms with Crippen molar-refractivity contribution in [2.45, 2.75) is 38.9 Å². The molecule has 0 saturated heterocycles. The van der Waals surface area contributed by atoms with Crippen molar-refractivity contribution in [3.05, 3.63) is 0 Å². The normalized spacial score (nSPS) is 14.7. The van der Waals surface area contributed by atoms with Crippen molar-refractivity contribution in [2.75, 3.05) is 13.2 Å². The van der Waals surface area contributed by atoms with E-state index < -0.39 is 0 Å². The summed E-state index contributed by atoms with van der Waals surface area (Å²) in [5, 5.41) is 0. The lowest BCUT2D eigenvalue weighted by Gasteiger charge is -2.23. The van der Waals surface area contributed by atoms with Crippen LogP contribution in [0.5, 0.6) is 0 Å². The molecule has 0 aromatic carbocycles. The van der Waals surface area contributed by atoms with Crippen molar-refractivity contribution >= 4 is 12.6 Å². The summed E-state index contributed by atoms with van der Waals surface area (Å²) in [4.78, 5) is 20.8. The molecule has 0 aliphatic carbocycles. The molecular formula is C10H18O4. The molecule has 0 aliphatic heterocycles. The largest absolute Gasteiger partial charge is 0.375 e. The molecule has 14 heavy (non-hydrogen) atoms. The molecule has 0 radical (unpaired) electrons. The van der Waals surface area contributed by atoms with Crippen LogP contribution in [0, 0.1) is 0 Å². The van der Waals surface area contributed by atoms with E-state index in [1.165, 1.54) is 0 Å². The van der Waals surface area contributed by atoms with Crippen LogP contribution in [-0.2, 0) is 19.1 Å². The molecule has 0 N–H and O–H groups in total. The molecule has 2 atom stereocenters. The fourth-order valence-electron chi connectivity index (χ4n) is 1.27. The smallest absolute Gasteiger partial charge is 0.122 e. The minimum atomic E-state index is -0.303. The molecular weight excluding hydrogens is 184 g/mol. The summed E-state index contributed by atoms with van der Waals surface area (Å²) in [7, 11) is 0. The maximum absolute atomic E-state index is 10.4. The highest BCUT2D eigenvalue weighted by Gasteiger charge is 2.21. The van der Waals surface area contributed by atoms with E-state index in [0.717, 1.165) is 12.6 Å². The highest BCUT2D eigenvalue weighted by atomic mass is 16.5. The van der Waals surface area contributed by atoms with Crippen molar-refractivity contribution in [1.29, 1.82) is 0 Å². The number of hydrogen-bond donors (Lipinski definition) is 0. The third-order valence-corrected chi connectivity index (χ3v) is 1.83. The molecule has 0 heterocycles. The monoisotopic (exact) mass is 202 g/mol. The number of ether oxygens (including phenoxy) is 2. The summed E-state index contributed by atoms with van der Waals surface area (Å²) >= 11 is 0. The Morgan fingerprint density at radius 2 is 1.29 bits per heavy atom. The van der Waals surface area contributed by atoms with Crippen LogP contribution >= 0.6 is 0 Å². The molecule has 0 fully saturated rings. The lowest BCUT2D eigenvalue weighted by molar-refractivity contribution is -0.122. The molecule has 2 unspecified atom stereocenters. The van der Waals surface area contributed by atoms with Crippen molar-refractivity contribution in [3.63, 3.8) is 0 Å². The van der Waals surface area contributed by atoms with E-state index in [1.807, 2.05) is 13.8 Å². The van der Waals surface area contributed by atoms with Crippen LogP contribution in [0.4, 0.5) is 0 Å². The van der Waals surface area contributed by atoms with Gasteiger partial charge >= 0.3 is 0 Å². The first-order chi connectivity index (χ1) is 6.79. The summed E-state index contributed by atoms with van der Waals surface area (Å²) in [5.41, 5.74) is 0. The zero-order valence-corrected chi connectivity index (χ0v) is 8.77. The molecule has 0 saturated carbocycles. The molecule has 0 aromatic heterocycles. The van der Waals surface area contributed by atoms with Gasteiger partial charge in [-0.15, -0.1) is 0 Å². The number of carbonyl (C=O) groups is 2. The Morgan fingerprint density at radius 3 is 1.50 bits per heavy atom. The quantitative estimate of drug-likeness (QED) is 0.523. The molecule has 0 spiro atoms. The first-order valence-corrected chi connectivity index (χ1v) is 4.90. The molecule has 0 rings (SSSR count). The molecule has 0 bridgehead atoms. The first-order valence-electron chi connectivity index (χ1n) is 4.90. The van der Waals surface area contributed by atoms with Gasteiger partial charge in [0, 0.05) is 26.1 Å². The van der Waals surface area contributed by atoms with Gasteiger partial charge in [-0.25, -0.2) is 0 Å². The van der Waals surface area contributed by atoms with Crippen molar-refractivity contribution in [1.82, 2.24) is 0 Å². The van der Waals surface area contributed by atoms with Crippen molar-refractivity contribution in [2.24, 2.45) is 0 Å². The summed E-state index contributed by atoms with van der Waals surface area (Å²) in [5.74, 6) is 0. The number of rotatable bonds is 9. The third-order valence-electron chi connectivity index (χ3n) is 1.83. The lowest BCUT2D eigenvalue weighted by atomic mass is 10.1. The van der Waals surface area contributed by atoms with E-state index in [2.05, 4.69) is 0 Å². The zero-order valence-electron chi connectivity index (χ0n) is 8.77. The maximum atomic E-state index is 10.4. The average Bonchev–Trinajstić information content (AvgIpc) is 2.17. The Hall–Kier alpha value is -0.740. The van der Waals surface area contributed by atoms with Gasteiger partial charge in [-0.3, -0.25) is 0 Å². The Balaban J connectivity index is 4.19. The van der Waals surface area contributed by atoms with Crippen LogP contribution in [0.15, 0.2) is 0 Å². The van der Waals surface area contributed by atoms with Crippen LogP contribution in [0.2, 0.25) is 0 Å². The summed E-state index contributed by atoms with van der Waals surface area (Å²) in [6, 6.07) is 0. The first kappa shape index (κ1) is 13.3. The van der Waals surface area contributed by atoms with Crippen LogP contribution < -0.4 is 0 Å². The molecule has 4 nitrogen and oxygen atoms in total. The van der Waals surface area contributed by atoms with Crippen LogP contribution in [0.25, 0.3) is 0 Å². The minimum Gasteiger partial charge on any atom is -0.375 e. The summed E-state index contributed by atoms with van der Waals surface area (Å²) < 4.78 is 10.7. The Labute approximate surface area is 84.6 Å². The Morgan fingerprint density at radius 1 is 0.929 bits per heavy atom. The van der Waals surface area contributed by atoms with Gasteiger partial charge in [-0.2, -0.15) is 0 Å². The predicted octanol–water partition coefficient (Wildman–Crippen LogP) is 0.975. The number of aldehydes is 2. The van der Waals surface area contributed by atoms with Gasteiger partial charge in [-0.1, -0.05) is 0 Å². The second-order valence-corrected chi connectivity index (χ2v) is 2.79. The maximum Gasteiger partial charge on any atom is 0.122 e. The lowest BCUT2D eigenvalue weighted by Crippen LogP contribution is -2.32. The molecule has 82 valence electrons. The molecule has 4 heteroatoms. The van der Waals surface area contributed by atoms with Gasteiger partial charge in [-0.05, 0) is 13.8 Å². The average molecular weight is 202 g/mol. The van der Waals surface area contributed by atoms with Gasteiger partial charge in [0.1, 0.15) is 12.6 Å². The van der Waals surface area contributed by atoms with Crippen LogP contribution in [-0.4, -0.2) is 38.0 Å². The van der Waals surface area contributed by atoms with E-state index in [4.69, 9.17) is 9.47 Å². The van der Waals surface area contributed by atoms with E-state index in [9.17, 15) is 9.59 Å². The highest BCUT2D eigenvalue weighted by molar-refractivity contribution is 5.52. The Bertz CT molecular complexity index is 140. The van der Waals surface area contributed by atoms with Gasteiger partial charge in [0.2, 0.25) is 0 Å². The van der Waals surface area contributed by atoms with Gasteiger partial charge in [0.15, 0.2) is 0 Å². The molecule has 0 aromatic rings. The predicted molar refractivity (Wildman–Crippen MR) is 52.2 cm³/mol. The summed E-state index contributed by atoms with van der Waals surface area (Å²) in [6.07, 6.45) is 1.51. The van der Waals surface area contributed by atoms with Crippen LogP contribution in [0.1, 0.15) is 26.7 Å². The van der Waals surface area contributed by atoms with E-state index >= 15 is 0 Å². The highest BCUT2D eigenvalue weighted by Crippen LogP contribution is 2.10. The van der Waals surface area contributed by atoms with E-state index in [-0.39, 0.29) is 25.0 Å². The second kappa shape index (κ2) is 8.84. The second-order valence-electron chi connectivity index (χ2n) is 2.79. The topological polar surface area (TPSA) is 52.6 Å². The fraction of sp³-hybridized carbons (Fsp3) is 0.800. The summed E-state index contributed by atoms with van der Waals surface area (Å²) in [6.45, 7) is 4.73. The van der Waals surface area contributed by atoms with Crippen LogP contribution in [0.3, 0.4) is 0 Å². The van der Waals surface area contributed by atoms with E-state index in [0.29, 0.717) is 13.2 Å². The van der Waals surface area contributed by atoms with Gasteiger partial charge in [0.05, 0.1) is 12.2 Å². The third kappa shape index (κ3) is 5.09. The standard InChI is InChI=1S/C10H18O4/c1-3-13-9(5-7-11)10(6-8-12)14-4-2/h7-10H,3-6H2,1-2H3. The minimum absolute atomic E-state index is 0.270. The number of carbonyl (C=O) groups excluding carboxylic acids is 2. The van der Waals surface area contributed by atoms with Gasteiger partial charge in [0.25, 0.3) is 0 Å². The van der Waals surface area contributed by atoms with Crippen molar-refractivity contribution in [3.8, 4) is 0 Å². The Kier molecular flexibility index (Phi) is 8.37. The zero-order chi connectivity index (χ0) is 10.8. The van der Waals surface area contributed by atoms with Crippen molar-refractivity contribution < 1.29 is 19.1 Å².